The molecule has 1 aromatic carbocycles. The van der Waals surface area contributed by atoms with Crippen LogP contribution in [0.5, 0.6) is 0 Å². The van der Waals surface area contributed by atoms with Gasteiger partial charge in [0, 0.05) is 29.5 Å². The molecule has 6 nitrogen and oxygen atoms in total. The zero-order chi connectivity index (χ0) is 15.5. The minimum Gasteiger partial charge on any atom is -0.392 e. The standard InChI is InChI=1S/C13H16BrN3O3S/c1-10(7-17-5-4-15-9-17)16-21(19,20)13-6-11(8-18)2-3-12(13)14/h2-6,9-10,16,18H,7-8H2,1H3. The van der Waals surface area contributed by atoms with Crippen LogP contribution in [0.25, 0.3) is 0 Å². The molecule has 0 fully saturated rings. The lowest BCUT2D eigenvalue weighted by molar-refractivity contribution is 0.281. The average Bonchev–Trinajstić information content (AvgIpc) is 2.91. The highest BCUT2D eigenvalue weighted by atomic mass is 79.9. The van der Waals surface area contributed by atoms with Gasteiger partial charge in [-0.2, -0.15) is 0 Å². The third kappa shape index (κ3) is 4.13. The van der Waals surface area contributed by atoms with E-state index in [4.69, 9.17) is 5.11 Å². The van der Waals surface area contributed by atoms with Crippen LogP contribution < -0.4 is 4.72 Å². The number of aromatic nitrogens is 2. The molecule has 21 heavy (non-hydrogen) atoms. The van der Waals surface area contributed by atoms with E-state index < -0.39 is 10.0 Å². The van der Waals surface area contributed by atoms with Gasteiger partial charge in [0.05, 0.1) is 17.8 Å². The summed E-state index contributed by atoms with van der Waals surface area (Å²) in [5, 5.41) is 9.13. The molecule has 0 aliphatic rings. The van der Waals surface area contributed by atoms with Gasteiger partial charge in [0.1, 0.15) is 0 Å². The van der Waals surface area contributed by atoms with Crippen molar-refractivity contribution in [3.05, 3.63) is 47.0 Å². The highest BCUT2D eigenvalue weighted by molar-refractivity contribution is 9.10. The number of aliphatic hydroxyl groups is 1. The van der Waals surface area contributed by atoms with E-state index in [2.05, 4.69) is 25.6 Å². The molecular formula is C13H16BrN3O3S. The fraction of sp³-hybridized carbons (Fsp3) is 0.308. The van der Waals surface area contributed by atoms with Gasteiger partial charge in [0.2, 0.25) is 10.0 Å². The molecule has 0 radical (unpaired) electrons. The van der Waals surface area contributed by atoms with Gasteiger partial charge in [-0.3, -0.25) is 0 Å². The van der Waals surface area contributed by atoms with Crippen LogP contribution in [-0.4, -0.2) is 29.1 Å². The molecule has 1 aromatic heterocycles. The summed E-state index contributed by atoms with van der Waals surface area (Å²) in [5.74, 6) is 0. The molecule has 1 atom stereocenters. The molecular weight excluding hydrogens is 358 g/mol. The van der Waals surface area contributed by atoms with Crippen molar-refractivity contribution in [2.24, 2.45) is 0 Å². The number of imidazole rings is 1. The summed E-state index contributed by atoms with van der Waals surface area (Å²) < 4.78 is 29.7. The van der Waals surface area contributed by atoms with Crippen molar-refractivity contribution < 1.29 is 13.5 Å². The van der Waals surface area contributed by atoms with Gasteiger partial charge in [-0.25, -0.2) is 18.1 Å². The molecule has 1 unspecified atom stereocenters. The van der Waals surface area contributed by atoms with Gasteiger partial charge in [-0.15, -0.1) is 0 Å². The van der Waals surface area contributed by atoms with Crippen LogP contribution in [0.15, 0.2) is 46.3 Å². The third-order valence-corrected chi connectivity index (χ3v) is 5.45. The lowest BCUT2D eigenvalue weighted by Crippen LogP contribution is -2.35. The second kappa shape index (κ2) is 6.69. The van der Waals surface area contributed by atoms with Crippen molar-refractivity contribution in [1.29, 1.82) is 0 Å². The molecule has 114 valence electrons. The molecule has 0 aliphatic carbocycles. The Balaban J connectivity index is 2.18. The topological polar surface area (TPSA) is 84.2 Å². The van der Waals surface area contributed by atoms with Crippen LogP contribution in [-0.2, 0) is 23.2 Å². The Kier molecular flexibility index (Phi) is 5.15. The Morgan fingerprint density at radius 3 is 2.86 bits per heavy atom. The lowest BCUT2D eigenvalue weighted by atomic mass is 10.2. The number of nitrogens with one attached hydrogen (secondary N) is 1. The fourth-order valence-corrected chi connectivity index (χ4v) is 4.18. The Labute approximate surface area is 132 Å². The van der Waals surface area contributed by atoms with Gasteiger partial charge >= 0.3 is 0 Å². The lowest BCUT2D eigenvalue weighted by Gasteiger charge is -2.16. The predicted molar refractivity (Wildman–Crippen MR) is 82.1 cm³/mol. The average molecular weight is 374 g/mol. The number of nitrogens with zero attached hydrogens (tertiary/aromatic N) is 2. The molecule has 0 amide bonds. The number of sulfonamides is 1. The summed E-state index contributed by atoms with van der Waals surface area (Å²) in [6, 6.07) is 4.43. The summed E-state index contributed by atoms with van der Waals surface area (Å²) in [6.45, 7) is 2.05. The Morgan fingerprint density at radius 2 is 2.24 bits per heavy atom. The molecule has 2 aromatic rings. The van der Waals surface area contributed by atoms with Crippen molar-refractivity contribution in [2.75, 3.05) is 0 Å². The zero-order valence-corrected chi connectivity index (χ0v) is 13.8. The van der Waals surface area contributed by atoms with E-state index in [0.717, 1.165) is 0 Å². The van der Waals surface area contributed by atoms with E-state index in [0.29, 0.717) is 16.6 Å². The van der Waals surface area contributed by atoms with E-state index in [1.807, 2.05) is 0 Å². The quantitative estimate of drug-likeness (QED) is 0.803. The second-order valence-corrected chi connectivity index (χ2v) is 7.24. The molecule has 2 N–H and O–H groups in total. The molecule has 0 spiro atoms. The molecule has 0 bridgehead atoms. The Bertz CT molecular complexity index is 701. The Hall–Kier alpha value is -1.22. The second-order valence-electron chi connectivity index (χ2n) is 4.70. The molecule has 0 saturated heterocycles. The summed E-state index contributed by atoms with van der Waals surface area (Å²) in [4.78, 5) is 4.03. The smallest absolute Gasteiger partial charge is 0.242 e. The highest BCUT2D eigenvalue weighted by Gasteiger charge is 2.20. The molecule has 0 saturated carbocycles. The SMILES string of the molecule is CC(Cn1ccnc1)NS(=O)(=O)c1cc(CO)ccc1Br. The van der Waals surface area contributed by atoms with Crippen LogP contribution in [0.3, 0.4) is 0 Å². The normalized spacial score (nSPS) is 13.3. The van der Waals surface area contributed by atoms with Gasteiger partial charge in [0.25, 0.3) is 0 Å². The maximum Gasteiger partial charge on any atom is 0.242 e. The third-order valence-electron chi connectivity index (χ3n) is 2.87. The van der Waals surface area contributed by atoms with Crippen LogP contribution in [0.4, 0.5) is 0 Å². The molecule has 0 aliphatic heterocycles. The van der Waals surface area contributed by atoms with Gasteiger partial charge in [0.15, 0.2) is 0 Å². The van der Waals surface area contributed by atoms with Crippen LogP contribution in [0.2, 0.25) is 0 Å². The fourth-order valence-electron chi connectivity index (χ4n) is 1.93. The number of hydrogen-bond donors (Lipinski definition) is 2. The van der Waals surface area contributed by atoms with Crippen LogP contribution in [0.1, 0.15) is 12.5 Å². The number of hydrogen-bond acceptors (Lipinski definition) is 4. The minimum absolute atomic E-state index is 0.117. The number of benzene rings is 1. The Morgan fingerprint density at radius 1 is 1.48 bits per heavy atom. The first-order chi connectivity index (χ1) is 9.92. The monoisotopic (exact) mass is 373 g/mol. The molecule has 2 rings (SSSR count). The highest BCUT2D eigenvalue weighted by Crippen LogP contribution is 2.23. The van der Waals surface area contributed by atoms with Crippen molar-refractivity contribution >= 4 is 26.0 Å². The summed E-state index contributed by atoms with van der Waals surface area (Å²) in [6.07, 6.45) is 5.04. The summed E-state index contributed by atoms with van der Waals surface area (Å²) in [7, 11) is -3.67. The van der Waals surface area contributed by atoms with Crippen molar-refractivity contribution in [2.45, 2.75) is 31.0 Å². The van der Waals surface area contributed by atoms with Gasteiger partial charge < -0.3 is 9.67 Å². The first kappa shape index (κ1) is 16.2. The number of halogens is 1. The van der Waals surface area contributed by atoms with Crippen molar-refractivity contribution in [3.63, 3.8) is 0 Å². The first-order valence-corrected chi connectivity index (χ1v) is 8.57. The number of aliphatic hydroxyl groups excluding tert-OH is 1. The first-order valence-electron chi connectivity index (χ1n) is 6.30. The summed E-state index contributed by atoms with van der Waals surface area (Å²) in [5.41, 5.74) is 0.542. The zero-order valence-electron chi connectivity index (χ0n) is 11.4. The summed E-state index contributed by atoms with van der Waals surface area (Å²) >= 11 is 3.23. The van der Waals surface area contributed by atoms with E-state index in [9.17, 15) is 8.42 Å². The van der Waals surface area contributed by atoms with Crippen LogP contribution in [0, 0.1) is 0 Å². The van der Waals surface area contributed by atoms with E-state index in [1.165, 1.54) is 6.07 Å². The largest absolute Gasteiger partial charge is 0.392 e. The maximum absolute atomic E-state index is 12.4. The van der Waals surface area contributed by atoms with E-state index >= 15 is 0 Å². The van der Waals surface area contributed by atoms with Gasteiger partial charge in [-0.1, -0.05) is 6.07 Å². The van der Waals surface area contributed by atoms with E-state index in [1.54, 1.807) is 42.3 Å². The minimum atomic E-state index is -3.67. The van der Waals surface area contributed by atoms with Crippen molar-refractivity contribution in [3.8, 4) is 0 Å². The van der Waals surface area contributed by atoms with Gasteiger partial charge in [-0.05, 0) is 40.5 Å². The number of rotatable bonds is 6. The predicted octanol–water partition coefficient (Wildman–Crippen LogP) is 1.50. The molecule has 8 heteroatoms. The molecule has 1 heterocycles. The van der Waals surface area contributed by atoms with Crippen molar-refractivity contribution in [1.82, 2.24) is 14.3 Å². The maximum atomic E-state index is 12.4. The van der Waals surface area contributed by atoms with E-state index in [-0.39, 0.29) is 17.5 Å². The van der Waals surface area contributed by atoms with Crippen LogP contribution >= 0.6 is 15.9 Å².